The Labute approximate surface area is 432 Å². The van der Waals surface area contributed by atoms with Gasteiger partial charge in [-0.05, 0) is 76.7 Å². The smallest absolute Gasteiger partial charge is 0.306 e. The predicted molar refractivity (Wildman–Crippen MR) is 298 cm³/mol. The van der Waals surface area contributed by atoms with Gasteiger partial charge in [0, 0.05) is 12.8 Å². The van der Waals surface area contributed by atoms with Gasteiger partial charge in [-0.3, -0.25) is 14.2 Å². The van der Waals surface area contributed by atoms with Gasteiger partial charge in [0.2, 0.25) is 5.91 Å². The molecule has 3 atom stereocenters. The molecule has 0 saturated heterocycles. The molecule has 0 rings (SSSR count). The summed E-state index contributed by atoms with van der Waals surface area (Å²) in [5.74, 6) is -0.573. The van der Waals surface area contributed by atoms with Crippen LogP contribution in [0.3, 0.4) is 0 Å². The van der Waals surface area contributed by atoms with Crippen molar-refractivity contribution in [3.63, 3.8) is 0 Å². The molecule has 0 aliphatic rings. The standard InChI is InChI=1S/C60H111N2O7P/c1-7-10-13-16-19-22-25-27-29-30-31-32-33-34-37-40-43-46-49-52-59(63)61-57(56-68-70(65,66)67-55-54-62(4,5)6)58(51-48-45-42-39-36-24-21-18-15-12-9-3)69-60(64)53-50-47-44-41-38-35-28-26-23-20-17-14-11-8-2/h19,22,27,29,31-32,34,37,48,51,57-58H,7-18,20-21,23-26,28,30,33,35-36,38-47,49-50,52-56H2,1-6H3,(H-,61,63,65,66)/b22-19-,29-27-,32-31-,37-34-,51-48-. The Hall–Kier alpha value is -2.29. The van der Waals surface area contributed by atoms with Crippen molar-refractivity contribution >= 4 is 19.7 Å². The first-order chi connectivity index (χ1) is 33.9. The molecule has 0 fully saturated rings. The van der Waals surface area contributed by atoms with Gasteiger partial charge in [0.15, 0.2) is 0 Å². The minimum Gasteiger partial charge on any atom is -0.756 e. The van der Waals surface area contributed by atoms with Crippen molar-refractivity contribution < 1.29 is 37.3 Å². The number of hydrogen-bond donors (Lipinski definition) is 1. The number of hydrogen-bond acceptors (Lipinski definition) is 7. The number of quaternary nitrogens is 1. The first kappa shape index (κ1) is 67.7. The Morgan fingerprint density at radius 2 is 0.871 bits per heavy atom. The predicted octanol–water partition coefficient (Wildman–Crippen LogP) is 16.9. The number of phosphoric acid groups is 1. The Morgan fingerprint density at radius 1 is 0.500 bits per heavy atom. The molecule has 0 aromatic carbocycles. The SMILES string of the molecule is CCCCC/C=C\C/C=C\C/C=C\C/C=C\CCCCCC(=O)NC(COP(=O)([O-])OCC[N+](C)(C)C)C(/C=C\CCCCCCCCCCC)OC(=O)CCCCCCCCCCCCCCCC. The maximum Gasteiger partial charge on any atom is 0.306 e. The molecule has 0 bridgehead atoms. The quantitative estimate of drug-likeness (QED) is 0.0212. The van der Waals surface area contributed by atoms with Crippen molar-refractivity contribution in [2.75, 3.05) is 40.9 Å². The zero-order valence-electron chi connectivity index (χ0n) is 46.5. The van der Waals surface area contributed by atoms with Gasteiger partial charge < -0.3 is 28.5 Å². The van der Waals surface area contributed by atoms with Crippen LogP contribution in [0, 0.1) is 0 Å². The van der Waals surface area contributed by atoms with Gasteiger partial charge in [0.25, 0.3) is 7.82 Å². The highest BCUT2D eigenvalue weighted by molar-refractivity contribution is 7.45. The molecule has 0 radical (unpaired) electrons. The van der Waals surface area contributed by atoms with Gasteiger partial charge >= 0.3 is 5.97 Å². The first-order valence-electron chi connectivity index (χ1n) is 29.1. The fourth-order valence-corrected chi connectivity index (χ4v) is 8.87. The van der Waals surface area contributed by atoms with Crippen LogP contribution in [0.25, 0.3) is 0 Å². The number of esters is 1. The Balaban J connectivity index is 5.35. The van der Waals surface area contributed by atoms with Crippen LogP contribution < -0.4 is 10.2 Å². The van der Waals surface area contributed by atoms with E-state index in [0.29, 0.717) is 17.4 Å². The van der Waals surface area contributed by atoms with E-state index in [0.717, 1.165) is 77.0 Å². The second-order valence-corrected chi connectivity index (χ2v) is 22.2. The van der Waals surface area contributed by atoms with E-state index < -0.39 is 26.6 Å². The highest BCUT2D eigenvalue weighted by Crippen LogP contribution is 2.38. The summed E-state index contributed by atoms with van der Waals surface area (Å²) in [5, 5.41) is 3.00. The van der Waals surface area contributed by atoms with E-state index in [2.05, 4.69) is 74.7 Å². The summed E-state index contributed by atoms with van der Waals surface area (Å²) in [4.78, 5) is 39.8. The number of allylic oxidation sites excluding steroid dienone is 9. The van der Waals surface area contributed by atoms with E-state index in [1.165, 1.54) is 141 Å². The summed E-state index contributed by atoms with van der Waals surface area (Å²) in [6.07, 6.45) is 61.8. The van der Waals surface area contributed by atoms with Gasteiger partial charge in [-0.1, -0.05) is 230 Å². The Morgan fingerprint density at radius 3 is 1.34 bits per heavy atom. The molecule has 0 aromatic heterocycles. The number of likely N-dealkylation sites (N-methyl/N-ethyl adjacent to an activating group) is 1. The van der Waals surface area contributed by atoms with Gasteiger partial charge in [0.05, 0.1) is 33.8 Å². The number of unbranched alkanes of at least 4 members (excludes halogenated alkanes) is 28. The van der Waals surface area contributed by atoms with Crippen molar-refractivity contribution in [2.45, 2.75) is 270 Å². The van der Waals surface area contributed by atoms with Crippen LogP contribution in [-0.4, -0.2) is 69.4 Å². The largest absolute Gasteiger partial charge is 0.756 e. The molecule has 1 N–H and O–H groups in total. The Kier molecular flexibility index (Phi) is 48.6. The van der Waals surface area contributed by atoms with Crippen LogP contribution in [0.1, 0.15) is 258 Å². The van der Waals surface area contributed by atoms with Gasteiger partial charge in [0.1, 0.15) is 19.3 Å². The summed E-state index contributed by atoms with van der Waals surface area (Å²) in [6.45, 7) is 6.78. The molecule has 3 unspecified atom stereocenters. The molecule has 0 aromatic rings. The molecular formula is C60H111N2O7P. The second-order valence-electron chi connectivity index (χ2n) is 20.8. The molecule has 0 spiro atoms. The van der Waals surface area contributed by atoms with Crippen LogP contribution in [0.2, 0.25) is 0 Å². The number of nitrogens with one attached hydrogen (secondary N) is 1. The number of carbonyl (C=O) groups is 2. The minimum atomic E-state index is -4.70. The van der Waals surface area contributed by atoms with Crippen LogP contribution in [0.5, 0.6) is 0 Å². The number of carbonyl (C=O) groups excluding carboxylic acids is 2. The lowest BCUT2D eigenvalue weighted by atomic mass is 10.0. The Bertz CT molecular complexity index is 1390. The molecule has 0 aliphatic heterocycles. The summed E-state index contributed by atoms with van der Waals surface area (Å²) >= 11 is 0. The molecule has 0 heterocycles. The number of ether oxygens (including phenoxy) is 1. The molecular weight excluding hydrogens is 892 g/mol. The third-order valence-electron chi connectivity index (χ3n) is 12.7. The normalized spacial score (nSPS) is 14.2. The maximum absolute atomic E-state index is 13.5. The average Bonchev–Trinajstić information content (AvgIpc) is 3.32. The van der Waals surface area contributed by atoms with Gasteiger partial charge in [-0.2, -0.15) is 0 Å². The summed E-state index contributed by atoms with van der Waals surface area (Å²) in [5.41, 5.74) is 0. The van der Waals surface area contributed by atoms with Gasteiger partial charge in [-0.25, -0.2) is 0 Å². The fourth-order valence-electron chi connectivity index (χ4n) is 8.15. The highest BCUT2D eigenvalue weighted by atomic mass is 31.2. The van der Waals surface area contributed by atoms with Crippen molar-refractivity contribution in [3.05, 3.63) is 60.8 Å². The first-order valence-corrected chi connectivity index (χ1v) is 30.6. The monoisotopic (exact) mass is 1000 g/mol. The van der Waals surface area contributed by atoms with Crippen LogP contribution >= 0.6 is 7.82 Å². The lowest BCUT2D eigenvalue weighted by Crippen LogP contribution is -2.47. The molecule has 9 nitrogen and oxygen atoms in total. The second kappa shape index (κ2) is 50.3. The molecule has 408 valence electrons. The number of rotatable bonds is 52. The molecule has 0 aliphatic carbocycles. The average molecular weight is 1000 g/mol. The van der Waals surface area contributed by atoms with Crippen molar-refractivity contribution in [2.24, 2.45) is 0 Å². The van der Waals surface area contributed by atoms with Crippen molar-refractivity contribution in [3.8, 4) is 0 Å². The minimum absolute atomic E-state index is 0.0292. The van der Waals surface area contributed by atoms with E-state index in [1.54, 1.807) is 0 Å². The zero-order chi connectivity index (χ0) is 51.5. The van der Waals surface area contributed by atoms with Gasteiger partial charge in [-0.15, -0.1) is 0 Å². The summed E-state index contributed by atoms with van der Waals surface area (Å²) in [6, 6.07) is -0.903. The topological polar surface area (TPSA) is 114 Å². The molecule has 70 heavy (non-hydrogen) atoms. The van der Waals surface area contributed by atoms with Crippen molar-refractivity contribution in [1.82, 2.24) is 5.32 Å². The van der Waals surface area contributed by atoms with E-state index in [-0.39, 0.29) is 31.3 Å². The van der Waals surface area contributed by atoms with Crippen LogP contribution in [0.15, 0.2) is 60.8 Å². The third kappa shape index (κ3) is 50.6. The van der Waals surface area contributed by atoms with E-state index >= 15 is 0 Å². The van der Waals surface area contributed by atoms with Crippen molar-refractivity contribution in [1.29, 1.82) is 0 Å². The number of nitrogens with zero attached hydrogens (tertiary/aromatic N) is 1. The van der Waals surface area contributed by atoms with Crippen LogP contribution in [0.4, 0.5) is 0 Å². The molecule has 10 heteroatoms. The molecule has 1 amide bonds. The van der Waals surface area contributed by atoms with E-state index in [4.69, 9.17) is 13.8 Å². The summed E-state index contributed by atoms with van der Waals surface area (Å²) < 4.78 is 30.2. The van der Waals surface area contributed by atoms with Crippen LogP contribution in [-0.2, 0) is 27.9 Å². The molecule has 0 saturated carbocycles. The lowest BCUT2D eigenvalue weighted by Gasteiger charge is -2.30. The maximum atomic E-state index is 13.5. The number of phosphoric ester groups is 1. The zero-order valence-corrected chi connectivity index (χ0v) is 47.4. The third-order valence-corrected chi connectivity index (χ3v) is 13.7. The summed E-state index contributed by atoms with van der Waals surface area (Å²) in [7, 11) is 1.16. The van der Waals surface area contributed by atoms with E-state index in [1.807, 2.05) is 33.3 Å². The lowest BCUT2D eigenvalue weighted by molar-refractivity contribution is -0.870. The fraction of sp³-hybridized carbons (Fsp3) is 0.800. The highest BCUT2D eigenvalue weighted by Gasteiger charge is 2.27. The number of amides is 1. The van der Waals surface area contributed by atoms with E-state index in [9.17, 15) is 19.0 Å².